The van der Waals surface area contributed by atoms with E-state index < -0.39 is 0 Å². The third-order valence-electron chi connectivity index (χ3n) is 3.87. The van der Waals surface area contributed by atoms with Crippen molar-refractivity contribution in [3.63, 3.8) is 0 Å². The molecule has 0 radical (unpaired) electrons. The van der Waals surface area contributed by atoms with E-state index in [1.807, 2.05) is 19.1 Å². The molecule has 1 saturated heterocycles. The molecule has 1 fully saturated rings. The third-order valence-corrected chi connectivity index (χ3v) is 4.10. The van der Waals surface area contributed by atoms with Crippen molar-refractivity contribution in [3.8, 4) is 5.75 Å². The minimum atomic E-state index is -0.341. The molecule has 1 atom stereocenters. The van der Waals surface area contributed by atoms with Gasteiger partial charge in [-0.25, -0.2) is 4.79 Å². The number of likely N-dealkylation sites (tertiary alicyclic amines) is 1. The van der Waals surface area contributed by atoms with E-state index in [2.05, 4.69) is 5.32 Å². The van der Waals surface area contributed by atoms with Crippen LogP contribution in [0.25, 0.3) is 0 Å². The van der Waals surface area contributed by atoms with E-state index in [1.54, 1.807) is 11.0 Å². The summed E-state index contributed by atoms with van der Waals surface area (Å²) in [6.45, 7) is 3.93. The minimum Gasteiger partial charge on any atom is -0.493 e. The van der Waals surface area contributed by atoms with Crippen molar-refractivity contribution < 1.29 is 14.3 Å². The zero-order chi connectivity index (χ0) is 16.8. The molecule has 0 aromatic heterocycles. The molecule has 1 aliphatic rings. The highest BCUT2D eigenvalue weighted by atomic mass is 35.5. The highest BCUT2D eigenvalue weighted by Crippen LogP contribution is 2.21. The number of nitrogens with two attached hydrogens (primary N) is 1. The number of amides is 3. The molecule has 7 heteroatoms. The SMILES string of the molecule is Cc1cc(Cl)ccc1OCCCNC(=O)N1CC[C@@H](C(N)=O)C1. The van der Waals surface area contributed by atoms with Gasteiger partial charge >= 0.3 is 6.03 Å². The second-order valence-corrected chi connectivity index (χ2v) is 6.11. The zero-order valence-electron chi connectivity index (χ0n) is 13.2. The number of nitrogens with zero attached hydrogens (tertiary/aromatic N) is 1. The predicted octanol–water partition coefficient (Wildman–Crippen LogP) is 1.93. The quantitative estimate of drug-likeness (QED) is 0.777. The van der Waals surface area contributed by atoms with Gasteiger partial charge in [0, 0.05) is 24.7 Å². The number of carbonyl (C=O) groups is 2. The van der Waals surface area contributed by atoms with Crippen molar-refractivity contribution >= 4 is 23.5 Å². The van der Waals surface area contributed by atoms with Crippen molar-refractivity contribution in [2.75, 3.05) is 26.2 Å². The number of halogens is 1. The summed E-state index contributed by atoms with van der Waals surface area (Å²) >= 11 is 5.89. The van der Waals surface area contributed by atoms with E-state index in [-0.39, 0.29) is 17.9 Å². The average Bonchev–Trinajstić information content (AvgIpc) is 2.99. The number of hydrogen-bond donors (Lipinski definition) is 2. The summed E-state index contributed by atoms with van der Waals surface area (Å²) in [5, 5.41) is 3.51. The highest BCUT2D eigenvalue weighted by molar-refractivity contribution is 6.30. The Hall–Kier alpha value is -1.95. The lowest BCUT2D eigenvalue weighted by molar-refractivity contribution is -0.121. The lowest BCUT2D eigenvalue weighted by atomic mass is 10.1. The summed E-state index contributed by atoms with van der Waals surface area (Å²) in [4.78, 5) is 24.7. The molecule has 23 heavy (non-hydrogen) atoms. The van der Waals surface area contributed by atoms with Gasteiger partial charge < -0.3 is 20.7 Å². The molecule has 0 saturated carbocycles. The van der Waals surface area contributed by atoms with E-state index in [4.69, 9.17) is 22.1 Å². The fraction of sp³-hybridized carbons (Fsp3) is 0.500. The summed E-state index contributed by atoms with van der Waals surface area (Å²) in [6, 6.07) is 5.32. The molecular weight excluding hydrogens is 318 g/mol. The van der Waals surface area contributed by atoms with Gasteiger partial charge in [0.2, 0.25) is 5.91 Å². The third kappa shape index (κ3) is 5.03. The number of carbonyl (C=O) groups excluding carboxylic acids is 2. The van der Waals surface area contributed by atoms with E-state index in [0.717, 1.165) is 11.3 Å². The largest absolute Gasteiger partial charge is 0.493 e. The number of primary amides is 1. The Morgan fingerprint density at radius 3 is 2.91 bits per heavy atom. The first-order valence-corrected chi connectivity index (χ1v) is 8.06. The standard InChI is InChI=1S/C16H22ClN3O3/c1-11-9-13(17)3-4-14(11)23-8-2-6-19-16(22)20-7-5-12(10-20)15(18)21/h3-4,9,12H,2,5-8,10H2,1H3,(H2,18,21)(H,19,22)/t12-/m1/s1. The topological polar surface area (TPSA) is 84.7 Å². The molecule has 0 spiro atoms. The molecule has 3 amide bonds. The maximum absolute atomic E-state index is 11.9. The Bertz CT molecular complexity index is 580. The van der Waals surface area contributed by atoms with Gasteiger partial charge in [-0.05, 0) is 43.5 Å². The Morgan fingerprint density at radius 2 is 2.26 bits per heavy atom. The van der Waals surface area contributed by atoms with Gasteiger partial charge in [0.25, 0.3) is 0 Å². The highest BCUT2D eigenvalue weighted by Gasteiger charge is 2.29. The van der Waals surface area contributed by atoms with Gasteiger partial charge in [0.1, 0.15) is 5.75 Å². The van der Waals surface area contributed by atoms with E-state index in [1.165, 1.54) is 0 Å². The smallest absolute Gasteiger partial charge is 0.317 e. The normalized spacial score (nSPS) is 17.1. The van der Waals surface area contributed by atoms with Crippen LogP contribution in [0.4, 0.5) is 4.79 Å². The van der Waals surface area contributed by atoms with Gasteiger partial charge in [-0.3, -0.25) is 4.79 Å². The molecule has 2 rings (SSSR count). The molecule has 1 aromatic carbocycles. The van der Waals surface area contributed by atoms with Crippen molar-refractivity contribution in [1.82, 2.24) is 10.2 Å². The predicted molar refractivity (Wildman–Crippen MR) is 88.6 cm³/mol. The number of benzene rings is 1. The van der Waals surface area contributed by atoms with Gasteiger partial charge in [-0.15, -0.1) is 0 Å². The van der Waals surface area contributed by atoms with E-state index in [0.29, 0.717) is 44.1 Å². The number of ether oxygens (including phenoxy) is 1. The van der Waals surface area contributed by atoms with Gasteiger partial charge in [-0.2, -0.15) is 0 Å². The number of hydrogen-bond acceptors (Lipinski definition) is 3. The number of nitrogens with one attached hydrogen (secondary N) is 1. The Labute approximate surface area is 140 Å². The molecular formula is C16H22ClN3O3. The summed E-state index contributed by atoms with van der Waals surface area (Å²) in [7, 11) is 0. The second kappa shape index (κ2) is 8.06. The Morgan fingerprint density at radius 1 is 1.48 bits per heavy atom. The number of aryl methyl sites for hydroxylation is 1. The lowest BCUT2D eigenvalue weighted by Crippen LogP contribution is -2.40. The summed E-state index contributed by atoms with van der Waals surface area (Å²) in [6.07, 6.45) is 1.34. The molecule has 1 heterocycles. The van der Waals surface area contributed by atoms with Crippen LogP contribution in [-0.4, -0.2) is 43.1 Å². The molecule has 3 N–H and O–H groups in total. The van der Waals surface area contributed by atoms with Crippen LogP contribution in [0.5, 0.6) is 5.75 Å². The van der Waals surface area contributed by atoms with Crippen LogP contribution in [0, 0.1) is 12.8 Å². The van der Waals surface area contributed by atoms with Crippen LogP contribution in [0.2, 0.25) is 5.02 Å². The summed E-state index contributed by atoms with van der Waals surface area (Å²) in [5.74, 6) is 0.230. The summed E-state index contributed by atoms with van der Waals surface area (Å²) < 4.78 is 5.66. The van der Waals surface area contributed by atoms with Gasteiger partial charge in [-0.1, -0.05) is 11.6 Å². The first kappa shape index (κ1) is 17.4. The van der Waals surface area contributed by atoms with E-state index in [9.17, 15) is 9.59 Å². The zero-order valence-corrected chi connectivity index (χ0v) is 13.9. The van der Waals surface area contributed by atoms with Crippen LogP contribution >= 0.6 is 11.6 Å². The van der Waals surface area contributed by atoms with Crippen LogP contribution < -0.4 is 15.8 Å². The van der Waals surface area contributed by atoms with Crippen LogP contribution in [-0.2, 0) is 4.79 Å². The fourth-order valence-electron chi connectivity index (χ4n) is 2.51. The monoisotopic (exact) mass is 339 g/mol. The minimum absolute atomic E-state index is 0.156. The molecule has 1 aromatic rings. The molecule has 0 aliphatic carbocycles. The molecule has 1 aliphatic heterocycles. The summed E-state index contributed by atoms with van der Waals surface area (Å²) in [5.41, 5.74) is 6.24. The maximum atomic E-state index is 11.9. The van der Waals surface area contributed by atoms with Crippen LogP contribution in [0.15, 0.2) is 18.2 Å². The molecule has 0 unspecified atom stereocenters. The van der Waals surface area contributed by atoms with Crippen LogP contribution in [0.1, 0.15) is 18.4 Å². The average molecular weight is 340 g/mol. The van der Waals surface area contributed by atoms with Crippen molar-refractivity contribution in [3.05, 3.63) is 28.8 Å². The lowest BCUT2D eigenvalue weighted by Gasteiger charge is -2.17. The van der Waals surface area contributed by atoms with Crippen molar-refractivity contribution in [1.29, 1.82) is 0 Å². The van der Waals surface area contributed by atoms with Gasteiger partial charge in [0.05, 0.1) is 12.5 Å². The van der Waals surface area contributed by atoms with Crippen molar-refractivity contribution in [2.24, 2.45) is 11.7 Å². The first-order chi connectivity index (χ1) is 11.0. The van der Waals surface area contributed by atoms with Crippen LogP contribution in [0.3, 0.4) is 0 Å². The molecule has 0 bridgehead atoms. The first-order valence-electron chi connectivity index (χ1n) is 7.68. The number of urea groups is 1. The molecule has 126 valence electrons. The number of rotatable bonds is 6. The molecule has 6 nitrogen and oxygen atoms in total. The Kier molecular flexibility index (Phi) is 6.10. The van der Waals surface area contributed by atoms with Crippen molar-refractivity contribution in [2.45, 2.75) is 19.8 Å². The maximum Gasteiger partial charge on any atom is 0.317 e. The second-order valence-electron chi connectivity index (χ2n) is 5.68. The fourth-order valence-corrected chi connectivity index (χ4v) is 2.74. The Balaban J connectivity index is 1.64. The van der Waals surface area contributed by atoms with Gasteiger partial charge in [0.15, 0.2) is 0 Å². The van der Waals surface area contributed by atoms with E-state index >= 15 is 0 Å².